The minimum atomic E-state index is -0.277. The molecule has 0 bridgehead atoms. The summed E-state index contributed by atoms with van der Waals surface area (Å²) < 4.78 is 0. The van der Waals surface area contributed by atoms with Gasteiger partial charge in [-0.2, -0.15) is 0 Å². The van der Waals surface area contributed by atoms with Gasteiger partial charge in [-0.3, -0.25) is 4.79 Å². The first-order valence-corrected chi connectivity index (χ1v) is 5.70. The van der Waals surface area contributed by atoms with Gasteiger partial charge in [0.1, 0.15) is 5.82 Å². The molecule has 0 aliphatic rings. The Labute approximate surface area is 111 Å². The van der Waals surface area contributed by atoms with Crippen LogP contribution in [0.3, 0.4) is 0 Å². The van der Waals surface area contributed by atoms with Crippen molar-refractivity contribution in [1.29, 1.82) is 0 Å². The highest BCUT2D eigenvalue weighted by Crippen LogP contribution is 2.17. The molecule has 5 heteroatoms. The third kappa shape index (κ3) is 3.57. The number of anilines is 3. The van der Waals surface area contributed by atoms with Crippen LogP contribution in [-0.4, -0.2) is 10.9 Å². The fraction of sp³-hybridized carbons (Fsp3) is 0. The number of hydrogen-bond acceptors (Lipinski definition) is 4. The lowest BCUT2D eigenvalue weighted by Gasteiger charge is -2.02. The van der Waals surface area contributed by atoms with Gasteiger partial charge in [0.05, 0.1) is 0 Å². The molecule has 96 valence electrons. The second-order valence-corrected chi connectivity index (χ2v) is 3.93. The first-order chi connectivity index (χ1) is 9.15. The number of carbonyl (C=O) groups excluding carboxylic acids is 1. The summed E-state index contributed by atoms with van der Waals surface area (Å²) in [6, 6.07) is 10.4. The zero-order valence-electron chi connectivity index (χ0n) is 10.2. The van der Waals surface area contributed by atoms with Crippen molar-refractivity contribution in [3.05, 3.63) is 54.2 Å². The summed E-state index contributed by atoms with van der Waals surface area (Å²) in [4.78, 5) is 15.7. The average molecular weight is 254 g/mol. The lowest BCUT2D eigenvalue weighted by Crippen LogP contribution is -2.08. The van der Waals surface area contributed by atoms with E-state index in [0.717, 1.165) is 0 Å². The molecule has 0 saturated heterocycles. The molecule has 19 heavy (non-hydrogen) atoms. The van der Waals surface area contributed by atoms with Crippen molar-refractivity contribution in [2.45, 2.75) is 0 Å². The van der Waals surface area contributed by atoms with Crippen molar-refractivity contribution >= 4 is 29.2 Å². The third-order valence-electron chi connectivity index (χ3n) is 2.44. The molecule has 1 heterocycles. The van der Waals surface area contributed by atoms with Gasteiger partial charge in [-0.15, -0.1) is 0 Å². The number of carbonyl (C=O) groups is 1. The minimum absolute atomic E-state index is 0.277. The van der Waals surface area contributed by atoms with E-state index in [0.29, 0.717) is 22.8 Å². The molecule has 2 rings (SSSR count). The quantitative estimate of drug-likeness (QED) is 0.576. The largest absolute Gasteiger partial charge is 0.399 e. The SMILES string of the molecule is Nc1ccc(N)c(/C=C/C(=O)Nc2ccccn2)c1. The molecule has 0 radical (unpaired) electrons. The number of benzene rings is 1. The van der Waals surface area contributed by atoms with Crippen molar-refractivity contribution in [3.63, 3.8) is 0 Å². The maximum atomic E-state index is 11.7. The molecule has 1 amide bonds. The Morgan fingerprint density at radius 1 is 1.21 bits per heavy atom. The van der Waals surface area contributed by atoms with Crippen LogP contribution in [0.5, 0.6) is 0 Å². The Balaban J connectivity index is 2.06. The van der Waals surface area contributed by atoms with Crippen LogP contribution in [0.4, 0.5) is 17.2 Å². The van der Waals surface area contributed by atoms with Gasteiger partial charge in [-0.1, -0.05) is 6.07 Å². The highest BCUT2D eigenvalue weighted by Gasteiger charge is 1.99. The first-order valence-electron chi connectivity index (χ1n) is 5.70. The van der Waals surface area contributed by atoms with E-state index in [1.54, 1.807) is 48.7 Å². The fourth-order valence-corrected chi connectivity index (χ4v) is 1.51. The zero-order chi connectivity index (χ0) is 13.7. The standard InChI is InChI=1S/C14H14N4O/c15-11-5-6-12(16)10(9-11)4-7-14(19)18-13-3-1-2-8-17-13/h1-9H,15-16H2,(H,17,18,19)/b7-4+. The highest BCUT2D eigenvalue weighted by molar-refractivity contribution is 6.01. The van der Waals surface area contributed by atoms with E-state index in [4.69, 9.17) is 11.5 Å². The normalized spacial score (nSPS) is 10.5. The molecule has 0 saturated carbocycles. The number of hydrogen-bond donors (Lipinski definition) is 3. The van der Waals surface area contributed by atoms with Gasteiger partial charge >= 0.3 is 0 Å². The molecule has 1 aromatic carbocycles. The van der Waals surface area contributed by atoms with Crippen molar-refractivity contribution in [2.24, 2.45) is 0 Å². The summed E-state index contributed by atoms with van der Waals surface area (Å²) >= 11 is 0. The predicted octanol–water partition coefficient (Wildman–Crippen LogP) is 1.90. The molecule has 0 aliphatic heterocycles. The van der Waals surface area contributed by atoms with E-state index < -0.39 is 0 Å². The Bertz CT molecular complexity index is 608. The summed E-state index contributed by atoms with van der Waals surface area (Å²) in [6.07, 6.45) is 4.61. The summed E-state index contributed by atoms with van der Waals surface area (Å²) in [5.41, 5.74) is 13.3. The fourth-order valence-electron chi connectivity index (χ4n) is 1.51. The number of aromatic nitrogens is 1. The molecule has 5 N–H and O–H groups in total. The van der Waals surface area contributed by atoms with Crippen molar-refractivity contribution in [2.75, 3.05) is 16.8 Å². The van der Waals surface area contributed by atoms with E-state index in [-0.39, 0.29) is 5.91 Å². The van der Waals surface area contributed by atoms with E-state index in [1.165, 1.54) is 6.08 Å². The number of nitrogens with zero attached hydrogens (tertiary/aromatic N) is 1. The first kappa shape index (κ1) is 12.6. The maximum Gasteiger partial charge on any atom is 0.249 e. The van der Waals surface area contributed by atoms with Crippen LogP contribution in [0.2, 0.25) is 0 Å². The molecule has 0 spiro atoms. The average Bonchev–Trinajstić information content (AvgIpc) is 2.41. The Kier molecular flexibility index (Phi) is 3.78. The van der Waals surface area contributed by atoms with Crippen LogP contribution in [0.15, 0.2) is 48.7 Å². The molecule has 5 nitrogen and oxygen atoms in total. The number of rotatable bonds is 3. The molecule has 0 unspecified atom stereocenters. The van der Waals surface area contributed by atoms with Crippen LogP contribution in [-0.2, 0) is 4.79 Å². The number of nitrogen functional groups attached to an aromatic ring is 2. The Morgan fingerprint density at radius 2 is 2.05 bits per heavy atom. The molecule has 0 aliphatic carbocycles. The van der Waals surface area contributed by atoms with Crippen molar-refractivity contribution in [1.82, 2.24) is 4.98 Å². The molecular formula is C14H14N4O. The van der Waals surface area contributed by atoms with Gasteiger partial charge in [-0.25, -0.2) is 4.98 Å². The van der Waals surface area contributed by atoms with Crippen molar-refractivity contribution < 1.29 is 4.79 Å². The summed E-state index contributed by atoms with van der Waals surface area (Å²) in [6.45, 7) is 0. The number of amides is 1. The van der Waals surface area contributed by atoms with Gasteiger partial charge in [0.25, 0.3) is 0 Å². The molecule has 1 aromatic heterocycles. The lowest BCUT2D eigenvalue weighted by molar-refractivity contribution is -0.111. The molecule has 0 atom stereocenters. The van der Waals surface area contributed by atoms with Crippen LogP contribution in [0, 0.1) is 0 Å². The molecular weight excluding hydrogens is 240 g/mol. The van der Waals surface area contributed by atoms with Gasteiger partial charge in [-0.05, 0) is 42.0 Å². The Hall–Kier alpha value is -2.82. The van der Waals surface area contributed by atoms with E-state index in [9.17, 15) is 4.79 Å². The van der Waals surface area contributed by atoms with Crippen LogP contribution >= 0.6 is 0 Å². The van der Waals surface area contributed by atoms with Crippen LogP contribution < -0.4 is 16.8 Å². The molecule has 2 aromatic rings. The third-order valence-corrected chi connectivity index (χ3v) is 2.44. The van der Waals surface area contributed by atoms with Gasteiger partial charge in [0, 0.05) is 23.6 Å². The summed E-state index contributed by atoms with van der Waals surface area (Å²) in [7, 11) is 0. The topological polar surface area (TPSA) is 94.0 Å². The molecule has 0 fully saturated rings. The summed E-state index contributed by atoms with van der Waals surface area (Å²) in [5.74, 6) is 0.221. The van der Waals surface area contributed by atoms with E-state index in [1.807, 2.05) is 0 Å². The number of nitrogens with one attached hydrogen (secondary N) is 1. The summed E-state index contributed by atoms with van der Waals surface area (Å²) in [5, 5.41) is 2.64. The second kappa shape index (κ2) is 5.68. The van der Waals surface area contributed by atoms with Gasteiger partial charge in [0.2, 0.25) is 5.91 Å². The number of nitrogens with two attached hydrogens (primary N) is 2. The lowest BCUT2D eigenvalue weighted by atomic mass is 10.1. The minimum Gasteiger partial charge on any atom is -0.399 e. The highest BCUT2D eigenvalue weighted by atomic mass is 16.1. The van der Waals surface area contributed by atoms with Crippen LogP contribution in [0.25, 0.3) is 6.08 Å². The van der Waals surface area contributed by atoms with E-state index >= 15 is 0 Å². The number of pyridine rings is 1. The maximum absolute atomic E-state index is 11.7. The van der Waals surface area contributed by atoms with Gasteiger partial charge < -0.3 is 16.8 Å². The Morgan fingerprint density at radius 3 is 2.79 bits per heavy atom. The monoisotopic (exact) mass is 254 g/mol. The smallest absolute Gasteiger partial charge is 0.249 e. The van der Waals surface area contributed by atoms with Crippen LogP contribution in [0.1, 0.15) is 5.56 Å². The van der Waals surface area contributed by atoms with Gasteiger partial charge in [0.15, 0.2) is 0 Å². The van der Waals surface area contributed by atoms with E-state index in [2.05, 4.69) is 10.3 Å². The predicted molar refractivity (Wildman–Crippen MR) is 77.2 cm³/mol. The van der Waals surface area contributed by atoms with Crippen molar-refractivity contribution in [3.8, 4) is 0 Å². The zero-order valence-corrected chi connectivity index (χ0v) is 10.2. The second-order valence-electron chi connectivity index (χ2n) is 3.93.